The molecule has 118 valence electrons. The van der Waals surface area contributed by atoms with Gasteiger partial charge in [-0.3, -0.25) is 4.79 Å². The van der Waals surface area contributed by atoms with Crippen molar-refractivity contribution in [3.8, 4) is 11.5 Å². The van der Waals surface area contributed by atoms with Crippen LogP contribution < -0.4 is 5.43 Å². The molecule has 0 amide bonds. The molecule has 4 heteroatoms. The maximum absolute atomic E-state index is 11.5. The van der Waals surface area contributed by atoms with E-state index < -0.39 is 0 Å². The minimum Gasteiger partial charge on any atom is -0.453 e. The van der Waals surface area contributed by atoms with Crippen LogP contribution in [0.3, 0.4) is 0 Å². The highest BCUT2D eigenvalue weighted by Gasteiger charge is 2.09. The van der Waals surface area contributed by atoms with Gasteiger partial charge in [0, 0.05) is 6.07 Å². The third-order valence-corrected chi connectivity index (χ3v) is 3.80. The minimum atomic E-state index is -0.0882. The van der Waals surface area contributed by atoms with Crippen LogP contribution in [0.4, 0.5) is 0 Å². The lowest BCUT2D eigenvalue weighted by molar-refractivity contribution is 0.107. The van der Waals surface area contributed by atoms with E-state index in [-0.39, 0.29) is 5.43 Å². The lowest BCUT2D eigenvalue weighted by Gasteiger charge is -2.08. The van der Waals surface area contributed by atoms with Gasteiger partial charge < -0.3 is 9.15 Å². The van der Waals surface area contributed by atoms with Crippen LogP contribution in [0.2, 0.25) is 0 Å². The zero-order valence-electron chi connectivity index (χ0n) is 12.9. The number of fused-ring (bicyclic) bond motifs is 2. The first-order valence-corrected chi connectivity index (χ1v) is 7.73. The van der Waals surface area contributed by atoms with Crippen LogP contribution in [0.1, 0.15) is 11.1 Å². The van der Waals surface area contributed by atoms with Gasteiger partial charge >= 0.3 is 0 Å². The van der Waals surface area contributed by atoms with Gasteiger partial charge in [0.05, 0.1) is 13.2 Å². The Bertz CT molecular complexity index is 1010. The Labute approximate surface area is 138 Å². The van der Waals surface area contributed by atoms with E-state index in [1.54, 1.807) is 6.07 Å². The third kappa shape index (κ3) is 3.05. The summed E-state index contributed by atoms with van der Waals surface area (Å²) in [6.07, 6.45) is 0. The molecule has 0 spiro atoms. The second kappa shape index (κ2) is 6.26. The normalized spacial score (nSPS) is 11.2. The molecular weight excluding hydrogens is 302 g/mol. The number of benzene rings is 3. The second-order valence-electron chi connectivity index (χ2n) is 5.62. The number of ether oxygens (including phenoxy) is 1. The van der Waals surface area contributed by atoms with Crippen molar-refractivity contribution in [1.82, 2.24) is 4.98 Å². The van der Waals surface area contributed by atoms with Crippen molar-refractivity contribution in [2.75, 3.05) is 0 Å². The second-order valence-corrected chi connectivity index (χ2v) is 5.62. The molecule has 4 nitrogen and oxygen atoms in total. The van der Waals surface area contributed by atoms with Crippen molar-refractivity contribution in [2.24, 2.45) is 0 Å². The smallest absolute Gasteiger partial charge is 0.182 e. The van der Waals surface area contributed by atoms with Crippen molar-refractivity contribution in [3.05, 3.63) is 88.1 Å². The van der Waals surface area contributed by atoms with Gasteiger partial charge in [-0.15, -0.1) is 0 Å². The van der Waals surface area contributed by atoms with Crippen molar-refractivity contribution in [2.45, 2.75) is 13.2 Å². The maximum atomic E-state index is 11.5. The van der Waals surface area contributed by atoms with E-state index >= 15 is 0 Å². The van der Waals surface area contributed by atoms with Crippen molar-refractivity contribution < 1.29 is 9.15 Å². The summed E-state index contributed by atoms with van der Waals surface area (Å²) in [4.78, 5) is 16.0. The monoisotopic (exact) mass is 317 g/mol. The molecular formula is C20H15NO3. The highest BCUT2D eigenvalue weighted by atomic mass is 16.5. The van der Waals surface area contributed by atoms with Crippen molar-refractivity contribution in [3.63, 3.8) is 0 Å². The van der Waals surface area contributed by atoms with Crippen LogP contribution in [-0.4, -0.2) is 4.98 Å². The number of hydrogen-bond donors (Lipinski definition) is 0. The standard InChI is InChI=1S/C20H15NO3/c22-16-7-9-18-20(11-16)24-19-10-15(6-8-17(19)21-18)13-23-12-14-4-2-1-3-5-14/h1-11H,12-13H2. The summed E-state index contributed by atoms with van der Waals surface area (Å²) in [5, 5.41) is 0. The van der Waals surface area contributed by atoms with Crippen LogP contribution in [0, 0.1) is 0 Å². The molecule has 0 atom stereocenters. The van der Waals surface area contributed by atoms with Gasteiger partial charge in [-0.25, -0.2) is 4.98 Å². The molecule has 1 aliphatic carbocycles. The third-order valence-electron chi connectivity index (χ3n) is 3.80. The zero-order valence-corrected chi connectivity index (χ0v) is 12.9. The van der Waals surface area contributed by atoms with E-state index in [9.17, 15) is 4.79 Å². The predicted molar refractivity (Wildman–Crippen MR) is 91.8 cm³/mol. The molecule has 2 aromatic rings. The predicted octanol–water partition coefficient (Wildman–Crippen LogP) is 4.01. The Morgan fingerprint density at radius 3 is 2.58 bits per heavy atom. The first-order valence-electron chi connectivity index (χ1n) is 7.73. The average Bonchev–Trinajstić information content (AvgIpc) is 2.61. The van der Waals surface area contributed by atoms with E-state index in [0.717, 1.165) is 16.6 Å². The molecule has 0 unspecified atom stereocenters. The summed E-state index contributed by atoms with van der Waals surface area (Å²) in [6, 6.07) is 20.5. The molecule has 4 rings (SSSR count). The minimum absolute atomic E-state index is 0.0882. The van der Waals surface area contributed by atoms with Crippen molar-refractivity contribution in [1.29, 1.82) is 0 Å². The highest BCUT2D eigenvalue weighted by molar-refractivity contribution is 5.76. The van der Waals surface area contributed by atoms with Crippen LogP contribution in [0.25, 0.3) is 22.6 Å². The molecule has 0 bridgehead atoms. The van der Waals surface area contributed by atoms with Gasteiger partial charge in [0.1, 0.15) is 11.2 Å². The first kappa shape index (κ1) is 14.6. The molecule has 0 aromatic heterocycles. The number of nitrogens with zero attached hydrogens (tertiary/aromatic N) is 1. The quantitative estimate of drug-likeness (QED) is 0.534. The summed E-state index contributed by atoms with van der Waals surface area (Å²) in [7, 11) is 0. The SMILES string of the molecule is O=c1ccc2nc3ccc(COCc4ccccc4)cc3oc-2c1. The molecule has 0 N–H and O–H groups in total. The first-order chi connectivity index (χ1) is 11.8. The van der Waals surface area contributed by atoms with E-state index in [0.29, 0.717) is 30.3 Å². The Balaban J connectivity index is 1.57. The number of rotatable bonds is 4. The molecule has 24 heavy (non-hydrogen) atoms. The molecule has 2 aromatic carbocycles. The maximum Gasteiger partial charge on any atom is 0.182 e. The zero-order chi connectivity index (χ0) is 16.4. The summed E-state index contributed by atoms with van der Waals surface area (Å²) in [6.45, 7) is 1.05. The Morgan fingerprint density at radius 1 is 0.875 bits per heavy atom. The molecule has 0 radical (unpaired) electrons. The van der Waals surface area contributed by atoms with Gasteiger partial charge in [-0.05, 0) is 35.4 Å². The van der Waals surface area contributed by atoms with E-state index in [2.05, 4.69) is 4.98 Å². The number of hydrogen-bond acceptors (Lipinski definition) is 4. The van der Waals surface area contributed by atoms with Gasteiger partial charge in [-0.1, -0.05) is 36.4 Å². The van der Waals surface area contributed by atoms with Gasteiger partial charge in [0.15, 0.2) is 16.8 Å². The van der Waals surface area contributed by atoms with Gasteiger partial charge in [0.2, 0.25) is 0 Å². The van der Waals surface area contributed by atoms with E-state index in [1.807, 2.05) is 48.5 Å². The Morgan fingerprint density at radius 2 is 1.71 bits per heavy atom. The summed E-state index contributed by atoms with van der Waals surface area (Å²) in [5.41, 5.74) is 4.13. The van der Waals surface area contributed by atoms with E-state index in [1.165, 1.54) is 12.1 Å². The Hall–Kier alpha value is -2.98. The lowest BCUT2D eigenvalue weighted by Crippen LogP contribution is -1.99. The highest BCUT2D eigenvalue weighted by Crippen LogP contribution is 2.24. The molecule has 1 heterocycles. The van der Waals surface area contributed by atoms with Crippen LogP contribution in [-0.2, 0) is 18.0 Å². The van der Waals surface area contributed by atoms with Gasteiger partial charge in [0.25, 0.3) is 0 Å². The summed E-state index contributed by atoms with van der Waals surface area (Å²) in [5.74, 6) is 0.498. The van der Waals surface area contributed by atoms with E-state index in [4.69, 9.17) is 9.15 Å². The topological polar surface area (TPSA) is 52.3 Å². The fourth-order valence-corrected chi connectivity index (χ4v) is 2.60. The number of aromatic nitrogens is 1. The van der Waals surface area contributed by atoms with Crippen LogP contribution >= 0.6 is 0 Å². The van der Waals surface area contributed by atoms with Gasteiger partial charge in [-0.2, -0.15) is 0 Å². The van der Waals surface area contributed by atoms with Crippen LogP contribution in [0.15, 0.2) is 75.9 Å². The molecule has 1 aliphatic heterocycles. The summed E-state index contributed by atoms with van der Waals surface area (Å²) < 4.78 is 11.6. The molecule has 0 saturated carbocycles. The summed E-state index contributed by atoms with van der Waals surface area (Å²) >= 11 is 0. The molecule has 2 aliphatic rings. The molecule has 0 fully saturated rings. The van der Waals surface area contributed by atoms with Crippen LogP contribution in [0.5, 0.6) is 0 Å². The van der Waals surface area contributed by atoms with Crippen molar-refractivity contribution >= 4 is 11.1 Å². The average molecular weight is 317 g/mol. The molecule has 0 saturated heterocycles. The largest absolute Gasteiger partial charge is 0.453 e. The fraction of sp³-hybridized carbons (Fsp3) is 0.100. The Kier molecular flexibility index (Phi) is 3.81. The lowest BCUT2D eigenvalue weighted by atomic mass is 10.2. The fourth-order valence-electron chi connectivity index (χ4n) is 2.60.